The lowest BCUT2D eigenvalue weighted by Gasteiger charge is -2.30. The summed E-state index contributed by atoms with van der Waals surface area (Å²) in [5.41, 5.74) is -2.78. The average molecular weight is 292 g/mol. The standard InChI is InChI=1S/C12H15F3N2O3/c1-7(18)11(2,3)16-9-5-4-8(12(13,14)15)6-10(9)17(19)20/h4-7,16,18H,1-3H3. The normalized spacial score (nSPS) is 13.9. The smallest absolute Gasteiger partial charge is 0.391 e. The molecule has 0 heterocycles. The highest BCUT2D eigenvalue weighted by atomic mass is 19.4. The van der Waals surface area contributed by atoms with Gasteiger partial charge in [0, 0.05) is 6.07 Å². The van der Waals surface area contributed by atoms with Gasteiger partial charge in [0.2, 0.25) is 0 Å². The number of hydrogen-bond acceptors (Lipinski definition) is 4. The minimum Gasteiger partial charge on any atom is -0.391 e. The first-order valence-electron chi connectivity index (χ1n) is 5.77. The second kappa shape index (κ2) is 5.28. The van der Waals surface area contributed by atoms with Crippen LogP contribution in [0.4, 0.5) is 24.5 Å². The van der Waals surface area contributed by atoms with Gasteiger partial charge in [-0.25, -0.2) is 0 Å². The van der Waals surface area contributed by atoms with E-state index in [-0.39, 0.29) is 5.69 Å². The van der Waals surface area contributed by atoms with Crippen molar-refractivity contribution in [2.24, 2.45) is 0 Å². The Morgan fingerprint density at radius 1 is 1.35 bits per heavy atom. The molecular weight excluding hydrogens is 277 g/mol. The maximum Gasteiger partial charge on any atom is 0.416 e. The van der Waals surface area contributed by atoms with E-state index in [1.165, 1.54) is 6.92 Å². The van der Waals surface area contributed by atoms with Gasteiger partial charge in [-0.3, -0.25) is 10.1 Å². The lowest BCUT2D eigenvalue weighted by molar-refractivity contribution is -0.384. The summed E-state index contributed by atoms with van der Waals surface area (Å²) >= 11 is 0. The van der Waals surface area contributed by atoms with Gasteiger partial charge < -0.3 is 10.4 Å². The second-order valence-electron chi connectivity index (χ2n) is 5.01. The van der Waals surface area contributed by atoms with Crippen LogP contribution in [0.1, 0.15) is 26.3 Å². The molecule has 0 bridgehead atoms. The fourth-order valence-corrected chi connectivity index (χ4v) is 1.42. The third kappa shape index (κ3) is 3.60. The largest absolute Gasteiger partial charge is 0.416 e. The van der Waals surface area contributed by atoms with E-state index in [9.17, 15) is 28.4 Å². The van der Waals surface area contributed by atoms with Gasteiger partial charge in [-0.15, -0.1) is 0 Å². The van der Waals surface area contributed by atoms with Crippen molar-refractivity contribution in [3.05, 3.63) is 33.9 Å². The number of nitrogens with one attached hydrogen (secondary N) is 1. The van der Waals surface area contributed by atoms with Crippen LogP contribution in [0.2, 0.25) is 0 Å². The number of nitrogens with zero attached hydrogens (tertiary/aromatic N) is 1. The molecule has 0 saturated carbocycles. The van der Waals surface area contributed by atoms with Crippen LogP contribution in [0.5, 0.6) is 0 Å². The van der Waals surface area contributed by atoms with E-state index < -0.39 is 34.0 Å². The predicted octanol–water partition coefficient (Wildman–Crippen LogP) is 3.18. The predicted molar refractivity (Wildman–Crippen MR) is 67.5 cm³/mol. The van der Waals surface area contributed by atoms with Crippen LogP contribution < -0.4 is 5.32 Å². The number of nitro groups is 1. The molecule has 1 atom stereocenters. The number of aliphatic hydroxyl groups is 1. The summed E-state index contributed by atoms with van der Waals surface area (Å²) in [5.74, 6) is 0. The molecule has 0 saturated heterocycles. The van der Waals surface area contributed by atoms with E-state index in [1.807, 2.05) is 0 Å². The molecule has 1 aromatic carbocycles. The Labute approximate surface area is 113 Å². The van der Waals surface area contributed by atoms with Crippen molar-refractivity contribution < 1.29 is 23.2 Å². The Bertz CT molecular complexity index is 513. The quantitative estimate of drug-likeness (QED) is 0.660. The van der Waals surface area contributed by atoms with E-state index in [0.717, 1.165) is 12.1 Å². The number of aliphatic hydroxyl groups excluding tert-OH is 1. The van der Waals surface area contributed by atoms with Crippen LogP contribution in [0.15, 0.2) is 18.2 Å². The highest BCUT2D eigenvalue weighted by Crippen LogP contribution is 2.36. The summed E-state index contributed by atoms with van der Waals surface area (Å²) in [6, 6.07) is 2.22. The molecule has 0 aliphatic rings. The molecule has 1 unspecified atom stereocenters. The van der Waals surface area contributed by atoms with Gasteiger partial charge >= 0.3 is 6.18 Å². The molecule has 0 amide bonds. The minimum atomic E-state index is -4.65. The van der Waals surface area contributed by atoms with Crippen LogP contribution in [0.3, 0.4) is 0 Å². The summed E-state index contributed by atoms with van der Waals surface area (Å²) < 4.78 is 37.6. The van der Waals surface area contributed by atoms with Crippen LogP contribution >= 0.6 is 0 Å². The monoisotopic (exact) mass is 292 g/mol. The first-order chi connectivity index (χ1) is 8.95. The van der Waals surface area contributed by atoms with Gasteiger partial charge in [0.05, 0.1) is 22.1 Å². The summed E-state index contributed by atoms with van der Waals surface area (Å²) in [5, 5.41) is 23.1. The maximum atomic E-state index is 12.5. The Kier molecular flexibility index (Phi) is 4.28. The van der Waals surface area contributed by atoms with Crippen LogP contribution in [0.25, 0.3) is 0 Å². The molecule has 0 aliphatic heterocycles. The molecule has 0 aromatic heterocycles. The van der Waals surface area contributed by atoms with Crippen molar-refractivity contribution in [2.75, 3.05) is 5.32 Å². The van der Waals surface area contributed by atoms with Gasteiger partial charge in [0.15, 0.2) is 0 Å². The van der Waals surface area contributed by atoms with Crippen molar-refractivity contribution in [1.82, 2.24) is 0 Å². The van der Waals surface area contributed by atoms with E-state index >= 15 is 0 Å². The van der Waals surface area contributed by atoms with Gasteiger partial charge in [0.1, 0.15) is 5.69 Å². The highest BCUT2D eigenvalue weighted by Gasteiger charge is 2.34. The number of halogens is 3. The number of benzene rings is 1. The van der Waals surface area contributed by atoms with Crippen LogP contribution in [-0.2, 0) is 6.18 Å². The zero-order chi connectivity index (χ0) is 15.7. The number of anilines is 1. The zero-order valence-corrected chi connectivity index (χ0v) is 11.2. The molecule has 0 aliphatic carbocycles. The second-order valence-corrected chi connectivity index (χ2v) is 5.01. The summed E-state index contributed by atoms with van der Waals surface area (Å²) in [6.45, 7) is 4.64. The highest BCUT2D eigenvalue weighted by molar-refractivity contribution is 5.64. The summed E-state index contributed by atoms with van der Waals surface area (Å²) in [7, 11) is 0. The Hall–Kier alpha value is -1.83. The molecule has 5 nitrogen and oxygen atoms in total. The Morgan fingerprint density at radius 3 is 2.30 bits per heavy atom. The topological polar surface area (TPSA) is 75.4 Å². The van der Waals surface area contributed by atoms with E-state index in [4.69, 9.17) is 0 Å². The first-order valence-corrected chi connectivity index (χ1v) is 5.77. The molecular formula is C12H15F3N2O3. The third-order valence-corrected chi connectivity index (χ3v) is 3.02. The van der Waals surface area contributed by atoms with E-state index in [1.54, 1.807) is 13.8 Å². The van der Waals surface area contributed by atoms with Gasteiger partial charge in [0.25, 0.3) is 5.69 Å². The molecule has 112 valence electrons. The molecule has 0 radical (unpaired) electrons. The number of hydrogen-bond donors (Lipinski definition) is 2. The average Bonchev–Trinajstić information content (AvgIpc) is 2.26. The zero-order valence-electron chi connectivity index (χ0n) is 11.2. The fraction of sp³-hybridized carbons (Fsp3) is 0.500. The van der Waals surface area contributed by atoms with Crippen molar-refractivity contribution in [3.63, 3.8) is 0 Å². The first kappa shape index (κ1) is 16.2. The molecule has 0 fully saturated rings. The molecule has 1 rings (SSSR count). The van der Waals surface area contributed by atoms with E-state index in [0.29, 0.717) is 6.07 Å². The van der Waals surface area contributed by atoms with E-state index in [2.05, 4.69) is 5.32 Å². The number of rotatable bonds is 4. The summed E-state index contributed by atoms with van der Waals surface area (Å²) in [4.78, 5) is 10.00. The third-order valence-electron chi connectivity index (χ3n) is 3.02. The number of nitro benzene ring substituents is 1. The van der Waals surface area contributed by atoms with Gasteiger partial charge in [-0.05, 0) is 32.9 Å². The van der Waals surface area contributed by atoms with Crippen LogP contribution in [-0.4, -0.2) is 21.7 Å². The molecule has 1 aromatic rings. The Morgan fingerprint density at radius 2 is 1.90 bits per heavy atom. The van der Waals surface area contributed by atoms with Gasteiger partial charge in [-0.1, -0.05) is 0 Å². The molecule has 20 heavy (non-hydrogen) atoms. The molecule has 8 heteroatoms. The number of alkyl halides is 3. The minimum absolute atomic E-state index is 0.0751. The lowest BCUT2D eigenvalue weighted by Crippen LogP contribution is -2.42. The van der Waals surface area contributed by atoms with Crippen LogP contribution in [0, 0.1) is 10.1 Å². The molecule has 2 N–H and O–H groups in total. The molecule has 0 spiro atoms. The lowest BCUT2D eigenvalue weighted by atomic mass is 9.98. The Balaban J connectivity index is 3.25. The fourth-order valence-electron chi connectivity index (χ4n) is 1.42. The van der Waals surface area contributed by atoms with Crippen molar-refractivity contribution in [2.45, 2.75) is 38.6 Å². The van der Waals surface area contributed by atoms with Crippen molar-refractivity contribution in [3.8, 4) is 0 Å². The van der Waals surface area contributed by atoms with Crippen molar-refractivity contribution >= 4 is 11.4 Å². The maximum absolute atomic E-state index is 12.5. The van der Waals surface area contributed by atoms with Gasteiger partial charge in [-0.2, -0.15) is 13.2 Å². The van der Waals surface area contributed by atoms with Crippen molar-refractivity contribution in [1.29, 1.82) is 0 Å². The summed E-state index contributed by atoms with van der Waals surface area (Å²) in [6.07, 6.45) is -5.51. The SMILES string of the molecule is CC(O)C(C)(C)Nc1ccc(C(F)(F)F)cc1[N+](=O)[O-].